The molecule has 1 aromatic carbocycles. The molecule has 0 aliphatic heterocycles. The molecule has 0 aliphatic carbocycles. The number of benzene rings is 1. The van der Waals surface area contributed by atoms with Gasteiger partial charge in [-0.2, -0.15) is 0 Å². The Morgan fingerprint density at radius 3 is 2.95 bits per heavy atom. The van der Waals surface area contributed by atoms with Crippen molar-refractivity contribution < 1.29 is 9.53 Å². The Morgan fingerprint density at radius 1 is 1.41 bits per heavy atom. The van der Waals surface area contributed by atoms with E-state index in [1.807, 2.05) is 18.4 Å². The first-order valence-corrected chi connectivity index (χ1v) is 8.12. The van der Waals surface area contributed by atoms with Gasteiger partial charge in [-0.1, -0.05) is 12.1 Å². The number of thiazole rings is 1. The Morgan fingerprint density at radius 2 is 2.18 bits per heavy atom. The predicted octanol–water partition coefficient (Wildman–Crippen LogP) is 3.18. The van der Waals surface area contributed by atoms with Crippen LogP contribution >= 0.6 is 27.3 Å². The molecule has 3 rings (SSSR count). The number of nitrogens with zero attached hydrogens (tertiary/aromatic N) is 2. The molecule has 5 nitrogen and oxygen atoms in total. The lowest BCUT2D eigenvalue weighted by atomic mass is 10.2. The van der Waals surface area contributed by atoms with Crippen molar-refractivity contribution in [1.29, 1.82) is 0 Å². The van der Waals surface area contributed by atoms with Crippen molar-refractivity contribution in [2.45, 2.75) is 13.5 Å². The molecule has 0 saturated heterocycles. The SMILES string of the molecule is Cc1csc2nc(COC(=O)c3ccccc3Br)cc(=O)n12. The van der Waals surface area contributed by atoms with Crippen LogP contribution in [0.4, 0.5) is 0 Å². The van der Waals surface area contributed by atoms with Crippen molar-refractivity contribution in [2.24, 2.45) is 0 Å². The molecule has 0 aliphatic rings. The lowest BCUT2D eigenvalue weighted by Crippen LogP contribution is -2.16. The number of fused-ring (bicyclic) bond motifs is 1. The van der Waals surface area contributed by atoms with Crippen molar-refractivity contribution in [3.05, 3.63) is 67.5 Å². The number of esters is 1. The normalized spacial score (nSPS) is 10.8. The minimum atomic E-state index is -0.461. The van der Waals surface area contributed by atoms with Crippen molar-refractivity contribution in [3.8, 4) is 0 Å². The standard InChI is InChI=1S/C15H11BrN2O3S/c1-9-8-22-15-17-10(6-13(19)18(9)15)7-21-14(20)11-4-2-3-5-12(11)16/h2-6,8H,7H2,1H3. The van der Waals surface area contributed by atoms with Crippen LogP contribution in [0.5, 0.6) is 0 Å². The maximum Gasteiger partial charge on any atom is 0.339 e. The molecule has 2 heterocycles. The number of rotatable bonds is 3. The highest BCUT2D eigenvalue weighted by Crippen LogP contribution is 2.17. The number of halogens is 1. The van der Waals surface area contributed by atoms with Gasteiger partial charge < -0.3 is 4.74 Å². The van der Waals surface area contributed by atoms with Crippen molar-refractivity contribution in [2.75, 3.05) is 0 Å². The van der Waals surface area contributed by atoms with Gasteiger partial charge in [0, 0.05) is 21.6 Å². The summed E-state index contributed by atoms with van der Waals surface area (Å²) < 4.78 is 7.43. The molecular formula is C15H11BrN2O3S. The molecule has 0 unspecified atom stereocenters. The van der Waals surface area contributed by atoms with Gasteiger partial charge in [-0.05, 0) is 35.0 Å². The molecule has 0 spiro atoms. The van der Waals surface area contributed by atoms with E-state index in [4.69, 9.17) is 4.74 Å². The number of hydrogen-bond donors (Lipinski definition) is 0. The Labute approximate surface area is 138 Å². The summed E-state index contributed by atoms with van der Waals surface area (Å²) in [4.78, 5) is 29.0. The Kier molecular flexibility index (Phi) is 4.08. The molecule has 2 aromatic heterocycles. The fourth-order valence-corrected chi connectivity index (χ4v) is 3.36. The van der Waals surface area contributed by atoms with Crippen LogP contribution in [0.3, 0.4) is 0 Å². The molecule has 0 atom stereocenters. The third-order valence-electron chi connectivity index (χ3n) is 3.07. The van der Waals surface area contributed by atoms with Gasteiger partial charge in [-0.15, -0.1) is 11.3 Å². The van der Waals surface area contributed by atoms with Gasteiger partial charge in [0.25, 0.3) is 5.56 Å². The summed E-state index contributed by atoms with van der Waals surface area (Å²) in [7, 11) is 0. The lowest BCUT2D eigenvalue weighted by molar-refractivity contribution is 0.0466. The smallest absolute Gasteiger partial charge is 0.339 e. The third-order valence-corrected chi connectivity index (χ3v) is 4.71. The molecule has 112 valence electrons. The number of carbonyl (C=O) groups is 1. The second-order valence-electron chi connectivity index (χ2n) is 4.64. The third kappa shape index (κ3) is 2.82. The van der Waals surface area contributed by atoms with E-state index in [2.05, 4.69) is 20.9 Å². The van der Waals surface area contributed by atoms with Gasteiger partial charge in [0.1, 0.15) is 6.61 Å². The van der Waals surface area contributed by atoms with Gasteiger partial charge in [-0.25, -0.2) is 9.78 Å². The average Bonchev–Trinajstić information content (AvgIpc) is 2.87. The van der Waals surface area contributed by atoms with E-state index in [0.717, 1.165) is 5.69 Å². The molecular weight excluding hydrogens is 368 g/mol. The van der Waals surface area contributed by atoms with Crippen LogP contribution in [-0.2, 0) is 11.3 Å². The Balaban J connectivity index is 1.81. The fourth-order valence-electron chi connectivity index (χ4n) is 2.02. The molecule has 7 heteroatoms. The van der Waals surface area contributed by atoms with Crippen LogP contribution in [-0.4, -0.2) is 15.4 Å². The molecule has 22 heavy (non-hydrogen) atoms. The largest absolute Gasteiger partial charge is 0.456 e. The molecule has 3 aromatic rings. The molecule has 0 saturated carbocycles. The maximum atomic E-state index is 12.0. The zero-order valence-electron chi connectivity index (χ0n) is 11.6. The van der Waals surface area contributed by atoms with Crippen molar-refractivity contribution >= 4 is 38.2 Å². The van der Waals surface area contributed by atoms with Gasteiger partial charge in [0.15, 0.2) is 4.96 Å². The second-order valence-corrected chi connectivity index (χ2v) is 6.33. The minimum absolute atomic E-state index is 0.0388. The van der Waals surface area contributed by atoms with E-state index in [0.29, 0.717) is 20.7 Å². The van der Waals surface area contributed by atoms with Crippen molar-refractivity contribution in [3.63, 3.8) is 0 Å². The summed E-state index contributed by atoms with van der Waals surface area (Å²) in [5.41, 5.74) is 1.55. The zero-order chi connectivity index (χ0) is 15.7. The maximum absolute atomic E-state index is 12.0. The topological polar surface area (TPSA) is 60.7 Å². The monoisotopic (exact) mass is 378 g/mol. The fraction of sp³-hybridized carbons (Fsp3) is 0.133. The van der Waals surface area contributed by atoms with E-state index >= 15 is 0 Å². The quantitative estimate of drug-likeness (QED) is 0.656. The van der Waals surface area contributed by atoms with E-state index in [-0.39, 0.29) is 12.2 Å². The second kappa shape index (κ2) is 6.02. The lowest BCUT2D eigenvalue weighted by Gasteiger charge is -2.06. The number of ether oxygens (including phenoxy) is 1. The number of aryl methyl sites for hydroxylation is 1. The van der Waals surface area contributed by atoms with Crippen molar-refractivity contribution in [1.82, 2.24) is 9.38 Å². The molecule has 0 bridgehead atoms. The van der Waals surface area contributed by atoms with Crippen LogP contribution in [0.1, 0.15) is 21.7 Å². The number of aromatic nitrogens is 2. The van der Waals surface area contributed by atoms with E-state index in [9.17, 15) is 9.59 Å². The van der Waals surface area contributed by atoms with Gasteiger partial charge in [0.05, 0.1) is 11.3 Å². The molecule has 0 N–H and O–H groups in total. The first kappa shape index (κ1) is 14.9. The Hall–Kier alpha value is -1.99. The highest BCUT2D eigenvalue weighted by molar-refractivity contribution is 9.10. The summed E-state index contributed by atoms with van der Waals surface area (Å²) in [5, 5.41) is 1.86. The first-order valence-electron chi connectivity index (χ1n) is 6.44. The van der Waals surface area contributed by atoms with E-state index < -0.39 is 5.97 Å². The summed E-state index contributed by atoms with van der Waals surface area (Å²) in [6.45, 7) is 1.81. The van der Waals surface area contributed by atoms with Crippen LogP contribution in [0.15, 0.2) is 45.0 Å². The summed E-state index contributed by atoms with van der Waals surface area (Å²) in [6.07, 6.45) is 0. The average molecular weight is 379 g/mol. The van der Waals surface area contributed by atoms with Crippen LogP contribution in [0.2, 0.25) is 0 Å². The highest BCUT2D eigenvalue weighted by atomic mass is 79.9. The van der Waals surface area contributed by atoms with Gasteiger partial charge >= 0.3 is 5.97 Å². The van der Waals surface area contributed by atoms with Crippen LogP contribution in [0.25, 0.3) is 4.96 Å². The molecule has 0 fully saturated rings. The number of hydrogen-bond acceptors (Lipinski definition) is 5. The summed E-state index contributed by atoms with van der Waals surface area (Å²) in [5.74, 6) is -0.461. The van der Waals surface area contributed by atoms with Gasteiger partial charge in [0.2, 0.25) is 0 Å². The zero-order valence-corrected chi connectivity index (χ0v) is 14.0. The number of carbonyl (C=O) groups excluding carboxylic acids is 1. The summed E-state index contributed by atoms with van der Waals surface area (Å²) in [6, 6.07) is 8.39. The molecule has 0 radical (unpaired) electrons. The molecule has 0 amide bonds. The highest BCUT2D eigenvalue weighted by Gasteiger charge is 2.12. The van der Waals surface area contributed by atoms with Crippen LogP contribution in [0, 0.1) is 6.92 Å². The summed E-state index contributed by atoms with van der Waals surface area (Å²) >= 11 is 4.68. The predicted molar refractivity (Wildman–Crippen MR) is 87.3 cm³/mol. The Bertz CT molecular complexity index is 917. The van der Waals surface area contributed by atoms with Crippen LogP contribution < -0.4 is 5.56 Å². The minimum Gasteiger partial charge on any atom is -0.456 e. The van der Waals surface area contributed by atoms with E-state index in [1.165, 1.54) is 21.8 Å². The van der Waals surface area contributed by atoms with Gasteiger partial charge in [-0.3, -0.25) is 9.20 Å². The van der Waals surface area contributed by atoms with E-state index in [1.54, 1.807) is 18.2 Å². The first-order chi connectivity index (χ1) is 10.6.